The molecule has 1 atom stereocenters. The monoisotopic (exact) mass is 223 g/mol. The predicted molar refractivity (Wildman–Crippen MR) is 56.7 cm³/mol. The lowest BCUT2D eigenvalue weighted by Crippen LogP contribution is -2.09. The van der Waals surface area contributed by atoms with Crippen LogP contribution >= 0.6 is 11.6 Å². The van der Waals surface area contributed by atoms with Crippen LogP contribution in [-0.2, 0) is 11.2 Å². The van der Waals surface area contributed by atoms with Gasteiger partial charge in [0.2, 0.25) is 0 Å². The van der Waals surface area contributed by atoms with Crippen LogP contribution < -0.4 is 0 Å². The average Bonchev–Trinajstić information content (AvgIpc) is 2.28. The van der Waals surface area contributed by atoms with E-state index in [1.807, 2.05) is 6.07 Å². The maximum Gasteiger partial charge on any atom is 0.338 e. The Bertz CT molecular complexity index is 398. The molecule has 0 aromatic heterocycles. The first kappa shape index (κ1) is 11.5. The summed E-state index contributed by atoms with van der Waals surface area (Å²) in [5.74, 6) is -0.410. The quantitative estimate of drug-likeness (QED) is 0.583. The van der Waals surface area contributed by atoms with Gasteiger partial charge in [-0.25, -0.2) is 4.79 Å². The van der Waals surface area contributed by atoms with Gasteiger partial charge in [-0.05, 0) is 11.6 Å². The summed E-state index contributed by atoms with van der Waals surface area (Å²) in [5, 5.41) is 7.96. The number of benzene rings is 1. The molecule has 0 fully saturated rings. The molecule has 78 valence electrons. The summed E-state index contributed by atoms with van der Waals surface area (Å²) in [6.07, 6.45) is 0.337. The number of esters is 1. The highest BCUT2D eigenvalue weighted by Gasteiger charge is 2.13. The fourth-order valence-electron chi connectivity index (χ4n) is 1.25. The molecular weight excluding hydrogens is 214 g/mol. The van der Waals surface area contributed by atoms with E-state index in [-0.39, 0.29) is 0 Å². The second-order valence-corrected chi connectivity index (χ2v) is 3.48. The summed E-state index contributed by atoms with van der Waals surface area (Å²) >= 11 is 5.71. The molecule has 0 saturated carbocycles. The van der Waals surface area contributed by atoms with Crippen LogP contribution in [0.4, 0.5) is 0 Å². The first-order valence-electron chi connectivity index (χ1n) is 4.39. The molecular formula is C11H10ClNO2. The zero-order valence-corrected chi connectivity index (χ0v) is 8.99. The molecule has 3 nitrogen and oxygen atoms in total. The molecule has 0 aliphatic heterocycles. The van der Waals surface area contributed by atoms with E-state index in [4.69, 9.17) is 16.9 Å². The summed E-state index contributed by atoms with van der Waals surface area (Å²) in [7, 11) is 1.32. The Balaban J connectivity index is 2.97. The van der Waals surface area contributed by atoms with Gasteiger partial charge in [-0.3, -0.25) is 0 Å². The Labute approximate surface area is 93.2 Å². The van der Waals surface area contributed by atoms with Gasteiger partial charge in [0.05, 0.1) is 18.7 Å². The number of hydrogen-bond donors (Lipinski definition) is 0. The Morgan fingerprint density at radius 1 is 1.60 bits per heavy atom. The highest BCUT2D eigenvalue weighted by Crippen LogP contribution is 2.14. The Hall–Kier alpha value is -1.53. The van der Waals surface area contributed by atoms with E-state index in [0.29, 0.717) is 12.0 Å². The van der Waals surface area contributed by atoms with Crippen molar-refractivity contribution in [1.29, 1.82) is 5.26 Å². The number of nitriles is 1. The average molecular weight is 224 g/mol. The maximum absolute atomic E-state index is 11.4. The third-order valence-electron chi connectivity index (χ3n) is 1.96. The number of rotatable bonds is 3. The van der Waals surface area contributed by atoms with E-state index in [2.05, 4.69) is 4.74 Å². The zero-order chi connectivity index (χ0) is 11.3. The SMILES string of the molecule is COC(=O)c1ccccc1C[C@@H](Cl)C#N. The molecule has 0 bridgehead atoms. The standard InChI is InChI=1S/C11H10ClNO2/c1-15-11(14)10-5-3-2-4-8(10)6-9(12)7-13/h2-5,9H,6H2,1H3/t9-/m1/s1. The van der Waals surface area contributed by atoms with Crippen LogP contribution in [0.2, 0.25) is 0 Å². The summed E-state index contributed by atoms with van der Waals surface area (Å²) in [5.41, 5.74) is 1.19. The lowest BCUT2D eigenvalue weighted by molar-refractivity contribution is 0.0599. The molecule has 1 aromatic carbocycles. The van der Waals surface area contributed by atoms with Gasteiger partial charge in [0.15, 0.2) is 0 Å². The number of alkyl halides is 1. The van der Waals surface area contributed by atoms with Gasteiger partial charge < -0.3 is 4.74 Å². The van der Waals surface area contributed by atoms with Gasteiger partial charge in [0.25, 0.3) is 0 Å². The molecule has 0 aliphatic carbocycles. The van der Waals surface area contributed by atoms with E-state index in [1.54, 1.807) is 24.3 Å². The fourth-order valence-corrected chi connectivity index (χ4v) is 1.41. The third-order valence-corrected chi connectivity index (χ3v) is 2.21. The molecule has 4 heteroatoms. The van der Waals surface area contributed by atoms with Gasteiger partial charge in [-0.1, -0.05) is 18.2 Å². The highest BCUT2D eigenvalue weighted by atomic mass is 35.5. The molecule has 0 aliphatic rings. The van der Waals surface area contributed by atoms with Crippen molar-refractivity contribution in [3.05, 3.63) is 35.4 Å². The van der Waals surface area contributed by atoms with Crippen molar-refractivity contribution in [3.8, 4) is 6.07 Å². The molecule has 1 aromatic rings. The summed E-state index contributed by atoms with van der Waals surface area (Å²) in [6, 6.07) is 8.86. The summed E-state index contributed by atoms with van der Waals surface area (Å²) < 4.78 is 4.63. The molecule has 0 N–H and O–H groups in total. The topological polar surface area (TPSA) is 50.1 Å². The van der Waals surface area contributed by atoms with Gasteiger partial charge in [0, 0.05) is 6.42 Å². The minimum atomic E-state index is -0.629. The molecule has 0 unspecified atom stereocenters. The van der Waals surface area contributed by atoms with Crippen molar-refractivity contribution in [2.75, 3.05) is 7.11 Å². The molecule has 0 spiro atoms. The lowest BCUT2D eigenvalue weighted by Gasteiger charge is -2.07. The zero-order valence-electron chi connectivity index (χ0n) is 8.24. The van der Waals surface area contributed by atoms with Gasteiger partial charge in [-0.2, -0.15) is 5.26 Å². The number of hydrogen-bond acceptors (Lipinski definition) is 3. The van der Waals surface area contributed by atoms with Crippen molar-refractivity contribution in [2.24, 2.45) is 0 Å². The minimum absolute atomic E-state index is 0.337. The van der Waals surface area contributed by atoms with Crippen LogP contribution in [0.1, 0.15) is 15.9 Å². The molecule has 1 rings (SSSR count). The van der Waals surface area contributed by atoms with E-state index in [0.717, 1.165) is 5.56 Å². The van der Waals surface area contributed by atoms with Crippen LogP contribution in [0.25, 0.3) is 0 Å². The van der Waals surface area contributed by atoms with Crippen LogP contribution in [0.5, 0.6) is 0 Å². The van der Waals surface area contributed by atoms with Crippen LogP contribution in [-0.4, -0.2) is 18.5 Å². The Morgan fingerprint density at radius 3 is 2.87 bits per heavy atom. The Kier molecular flexibility index (Phi) is 4.14. The van der Waals surface area contributed by atoms with Crippen LogP contribution in [0, 0.1) is 11.3 Å². The van der Waals surface area contributed by atoms with E-state index < -0.39 is 11.3 Å². The van der Waals surface area contributed by atoms with Gasteiger partial charge in [-0.15, -0.1) is 11.6 Å². The fraction of sp³-hybridized carbons (Fsp3) is 0.273. The number of ether oxygens (including phenoxy) is 1. The van der Waals surface area contributed by atoms with Crippen molar-refractivity contribution in [3.63, 3.8) is 0 Å². The molecule has 0 heterocycles. The number of halogens is 1. The van der Waals surface area contributed by atoms with Gasteiger partial charge >= 0.3 is 5.97 Å². The lowest BCUT2D eigenvalue weighted by atomic mass is 10.0. The molecule has 0 amide bonds. The summed E-state index contributed by atoms with van der Waals surface area (Å²) in [6.45, 7) is 0. The van der Waals surface area contributed by atoms with Crippen molar-refractivity contribution < 1.29 is 9.53 Å². The largest absolute Gasteiger partial charge is 0.465 e. The Morgan fingerprint density at radius 2 is 2.27 bits per heavy atom. The smallest absolute Gasteiger partial charge is 0.338 e. The summed E-state index contributed by atoms with van der Waals surface area (Å²) in [4.78, 5) is 11.4. The number of carbonyl (C=O) groups excluding carboxylic acids is 1. The van der Waals surface area contributed by atoms with E-state index >= 15 is 0 Å². The first-order chi connectivity index (χ1) is 7.19. The minimum Gasteiger partial charge on any atom is -0.465 e. The number of carbonyl (C=O) groups is 1. The molecule has 15 heavy (non-hydrogen) atoms. The second-order valence-electron chi connectivity index (χ2n) is 2.95. The van der Waals surface area contributed by atoms with E-state index in [9.17, 15) is 4.79 Å². The molecule has 0 saturated heterocycles. The number of nitrogens with zero attached hydrogens (tertiary/aromatic N) is 1. The first-order valence-corrected chi connectivity index (χ1v) is 4.82. The van der Waals surface area contributed by atoms with Crippen molar-refractivity contribution in [2.45, 2.75) is 11.8 Å². The van der Waals surface area contributed by atoms with Gasteiger partial charge in [0.1, 0.15) is 5.38 Å². The van der Waals surface area contributed by atoms with Crippen molar-refractivity contribution in [1.82, 2.24) is 0 Å². The second kappa shape index (κ2) is 5.38. The predicted octanol–water partition coefficient (Wildman–Crippen LogP) is 2.15. The van der Waals surface area contributed by atoms with Crippen LogP contribution in [0.3, 0.4) is 0 Å². The third kappa shape index (κ3) is 2.97. The highest BCUT2D eigenvalue weighted by molar-refractivity contribution is 6.22. The maximum atomic E-state index is 11.4. The number of methoxy groups -OCH3 is 1. The molecule has 0 radical (unpaired) electrons. The van der Waals surface area contributed by atoms with Crippen LogP contribution in [0.15, 0.2) is 24.3 Å². The van der Waals surface area contributed by atoms with Crippen molar-refractivity contribution >= 4 is 17.6 Å². The van der Waals surface area contributed by atoms with E-state index in [1.165, 1.54) is 7.11 Å². The normalized spacial score (nSPS) is 11.5.